The van der Waals surface area contributed by atoms with Crippen LogP contribution < -0.4 is 5.73 Å². The Morgan fingerprint density at radius 2 is 2.05 bits per heavy atom. The molecule has 19 heavy (non-hydrogen) atoms. The summed E-state index contributed by atoms with van der Waals surface area (Å²) >= 11 is 9.87. The topological polar surface area (TPSA) is 41.6 Å². The molecule has 0 amide bonds. The molecular formula is C14H17BrClN3. The summed E-state index contributed by atoms with van der Waals surface area (Å²) < 4.78 is 1.05. The van der Waals surface area contributed by atoms with Gasteiger partial charge in [-0.05, 0) is 36.6 Å². The molecule has 2 aliphatic rings. The van der Waals surface area contributed by atoms with Crippen molar-refractivity contribution < 1.29 is 0 Å². The van der Waals surface area contributed by atoms with Crippen LogP contribution in [-0.4, -0.2) is 23.4 Å². The lowest BCUT2D eigenvalue weighted by Gasteiger charge is -2.32. The van der Waals surface area contributed by atoms with Crippen molar-refractivity contribution in [1.29, 1.82) is 0 Å². The van der Waals surface area contributed by atoms with Crippen molar-refractivity contribution in [3.63, 3.8) is 0 Å². The van der Waals surface area contributed by atoms with E-state index in [4.69, 9.17) is 17.3 Å². The second kappa shape index (κ2) is 5.33. The Hall–Kier alpha value is -0.740. The van der Waals surface area contributed by atoms with Crippen molar-refractivity contribution in [1.82, 2.24) is 4.90 Å². The summed E-state index contributed by atoms with van der Waals surface area (Å²) in [5, 5.41) is 0.793. The first kappa shape index (κ1) is 13.3. The molecule has 102 valence electrons. The normalized spacial score (nSPS) is 24.0. The largest absolute Gasteiger partial charge is 0.370 e. The van der Waals surface area contributed by atoms with Crippen LogP contribution in [-0.2, 0) is 0 Å². The van der Waals surface area contributed by atoms with Crippen LogP contribution in [0.5, 0.6) is 0 Å². The predicted octanol–water partition coefficient (Wildman–Crippen LogP) is 3.72. The number of benzene rings is 1. The number of nitrogens with two attached hydrogens (primary N) is 1. The molecule has 1 aromatic rings. The van der Waals surface area contributed by atoms with E-state index in [1.54, 1.807) is 0 Å². The number of halogens is 2. The molecule has 5 heteroatoms. The van der Waals surface area contributed by atoms with Gasteiger partial charge < -0.3 is 10.6 Å². The van der Waals surface area contributed by atoms with Crippen molar-refractivity contribution in [2.24, 2.45) is 10.7 Å². The zero-order chi connectivity index (χ0) is 13.4. The molecule has 3 nitrogen and oxygen atoms in total. The van der Waals surface area contributed by atoms with Gasteiger partial charge >= 0.3 is 0 Å². The SMILES string of the molecule is NC1=NCC(c2cc(Br)ccc2Cl)N1C1CCCC1. The fraction of sp³-hybridized carbons (Fsp3) is 0.500. The Labute approximate surface area is 127 Å². The van der Waals surface area contributed by atoms with Crippen LogP contribution in [0.1, 0.15) is 37.3 Å². The second-order valence-electron chi connectivity index (χ2n) is 5.23. The van der Waals surface area contributed by atoms with Crippen LogP contribution in [0.25, 0.3) is 0 Å². The number of hydrogen-bond donors (Lipinski definition) is 1. The highest BCUT2D eigenvalue weighted by molar-refractivity contribution is 9.10. The number of guanidine groups is 1. The van der Waals surface area contributed by atoms with Crippen molar-refractivity contribution in [2.45, 2.75) is 37.8 Å². The third-order valence-electron chi connectivity index (χ3n) is 4.06. The first-order valence-electron chi connectivity index (χ1n) is 6.70. The summed E-state index contributed by atoms with van der Waals surface area (Å²) in [6, 6.07) is 6.69. The highest BCUT2D eigenvalue weighted by Gasteiger charge is 2.35. The lowest BCUT2D eigenvalue weighted by atomic mass is 10.0. The minimum Gasteiger partial charge on any atom is -0.370 e. The number of hydrogen-bond acceptors (Lipinski definition) is 3. The van der Waals surface area contributed by atoms with Gasteiger partial charge in [0.25, 0.3) is 0 Å². The molecule has 3 rings (SSSR count). The van der Waals surface area contributed by atoms with Crippen LogP contribution in [0.2, 0.25) is 5.02 Å². The van der Waals surface area contributed by atoms with Crippen molar-refractivity contribution in [3.8, 4) is 0 Å². The summed E-state index contributed by atoms with van der Waals surface area (Å²) in [4.78, 5) is 6.72. The zero-order valence-corrected chi connectivity index (χ0v) is 13.0. The van der Waals surface area contributed by atoms with Gasteiger partial charge in [-0.1, -0.05) is 40.4 Å². The number of aliphatic imine (C=N–C) groups is 1. The molecule has 1 atom stereocenters. The Balaban J connectivity index is 1.93. The quantitative estimate of drug-likeness (QED) is 0.890. The maximum atomic E-state index is 6.36. The first-order chi connectivity index (χ1) is 9.16. The molecule has 1 aliphatic heterocycles. The zero-order valence-electron chi connectivity index (χ0n) is 10.6. The summed E-state index contributed by atoms with van der Waals surface area (Å²) in [6.45, 7) is 0.707. The van der Waals surface area contributed by atoms with E-state index in [0.717, 1.165) is 15.1 Å². The van der Waals surface area contributed by atoms with E-state index < -0.39 is 0 Å². The lowest BCUT2D eigenvalue weighted by molar-refractivity contribution is 0.262. The van der Waals surface area contributed by atoms with E-state index >= 15 is 0 Å². The second-order valence-corrected chi connectivity index (χ2v) is 6.55. The Bertz CT molecular complexity index is 511. The average molecular weight is 343 g/mol. The van der Waals surface area contributed by atoms with Gasteiger partial charge in [-0.15, -0.1) is 0 Å². The summed E-state index contributed by atoms with van der Waals surface area (Å²) in [5.74, 6) is 0.674. The van der Waals surface area contributed by atoms with Gasteiger partial charge in [-0.3, -0.25) is 4.99 Å². The fourth-order valence-electron chi connectivity index (χ4n) is 3.15. The van der Waals surface area contributed by atoms with Gasteiger partial charge in [0.1, 0.15) is 0 Å². The molecule has 1 aromatic carbocycles. The third kappa shape index (κ3) is 2.48. The average Bonchev–Trinajstić information content (AvgIpc) is 3.01. The molecule has 1 saturated carbocycles. The molecule has 1 fully saturated rings. The van der Waals surface area contributed by atoms with Gasteiger partial charge in [-0.2, -0.15) is 0 Å². The van der Waals surface area contributed by atoms with E-state index in [1.165, 1.54) is 25.7 Å². The standard InChI is InChI=1S/C14H17BrClN3/c15-9-5-6-12(16)11(7-9)13-8-18-14(17)19(13)10-3-1-2-4-10/h5-7,10,13H,1-4,8H2,(H2,17,18). The van der Waals surface area contributed by atoms with Crippen molar-refractivity contribution >= 4 is 33.5 Å². The van der Waals surface area contributed by atoms with Gasteiger partial charge in [0.2, 0.25) is 0 Å². The molecular weight excluding hydrogens is 326 g/mol. The number of nitrogens with zero attached hydrogens (tertiary/aromatic N) is 2. The lowest BCUT2D eigenvalue weighted by Crippen LogP contribution is -2.42. The van der Waals surface area contributed by atoms with Gasteiger partial charge in [0.15, 0.2) is 5.96 Å². The van der Waals surface area contributed by atoms with Crippen molar-refractivity contribution in [3.05, 3.63) is 33.3 Å². The minimum absolute atomic E-state index is 0.188. The molecule has 0 radical (unpaired) electrons. The van der Waals surface area contributed by atoms with Crippen LogP contribution in [0, 0.1) is 0 Å². The van der Waals surface area contributed by atoms with Crippen LogP contribution in [0.15, 0.2) is 27.7 Å². The van der Waals surface area contributed by atoms with E-state index in [2.05, 4.69) is 31.9 Å². The summed E-state index contributed by atoms with van der Waals surface area (Å²) in [5.41, 5.74) is 7.21. The first-order valence-corrected chi connectivity index (χ1v) is 7.87. The Kier molecular flexibility index (Phi) is 3.72. The van der Waals surface area contributed by atoms with E-state index in [1.807, 2.05) is 12.1 Å². The third-order valence-corrected chi connectivity index (χ3v) is 4.90. The Morgan fingerprint density at radius 3 is 2.79 bits per heavy atom. The van der Waals surface area contributed by atoms with E-state index in [9.17, 15) is 0 Å². The van der Waals surface area contributed by atoms with Crippen molar-refractivity contribution in [2.75, 3.05) is 6.54 Å². The van der Waals surface area contributed by atoms with Gasteiger partial charge in [0.05, 0.1) is 12.6 Å². The van der Waals surface area contributed by atoms with Crippen LogP contribution in [0.3, 0.4) is 0 Å². The van der Waals surface area contributed by atoms with E-state index in [0.29, 0.717) is 18.5 Å². The highest BCUT2D eigenvalue weighted by atomic mass is 79.9. The monoisotopic (exact) mass is 341 g/mol. The molecule has 1 aliphatic carbocycles. The molecule has 0 spiro atoms. The molecule has 2 N–H and O–H groups in total. The highest BCUT2D eigenvalue weighted by Crippen LogP contribution is 2.37. The summed E-state index contributed by atoms with van der Waals surface area (Å²) in [6.07, 6.45) is 4.98. The van der Waals surface area contributed by atoms with Gasteiger partial charge in [0, 0.05) is 15.5 Å². The molecule has 1 unspecified atom stereocenters. The molecule has 0 saturated heterocycles. The summed E-state index contributed by atoms with van der Waals surface area (Å²) in [7, 11) is 0. The predicted molar refractivity (Wildman–Crippen MR) is 82.5 cm³/mol. The smallest absolute Gasteiger partial charge is 0.192 e. The van der Waals surface area contributed by atoms with E-state index in [-0.39, 0.29) is 6.04 Å². The van der Waals surface area contributed by atoms with Crippen LogP contribution >= 0.6 is 27.5 Å². The molecule has 0 aromatic heterocycles. The minimum atomic E-state index is 0.188. The Morgan fingerprint density at radius 1 is 1.32 bits per heavy atom. The van der Waals surface area contributed by atoms with Gasteiger partial charge in [-0.25, -0.2) is 0 Å². The maximum absolute atomic E-state index is 6.36. The van der Waals surface area contributed by atoms with Crippen LogP contribution in [0.4, 0.5) is 0 Å². The molecule has 1 heterocycles. The maximum Gasteiger partial charge on any atom is 0.192 e. The molecule has 0 bridgehead atoms. The fourth-order valence-corrected chi connectivity index (χ4v) is 3.77. The number of rotatable bonds is 2.